The van der Waals surface area contributed by atoms with Crippen molar-refractivity contribution in [2.75, 3.05) is 5.73 Å². The van der Waals surface area contributed by atoms with E-state index in [1.165, 1.54) is 6.07 Å². The van der Waals surface area contributed by atoms with Crippen molar-refractivity contribution < 1.29 is 13.9 Å². The predicted octanol–water partition coefficient (Wildman–Crippen LogP) is 2.74. The first kappa shape index (κ1) is 14.1. The Kier molecular flexibility index (Phi) is 4.10. The number of nitrogen functional groups attached to an aromatic ring is 1. The van der Waals surface area contributed by atoms with Crippen LogP contribution in [0.15, 0.2) is 36.4 Å². The third-order valence-electron chi connectivity index (χ3n) is 2.65. The number of anilines is 1. The van der Waals surface area contributed by atoms with Crippen LogP contribution in [0.25, 0.3) is 0 Å². The summed E-state index contributed by atoms with van der Waals surface area (Å²) in [6, 6.07) is 9.17. The molecule has 0 saturated heterocycles. The van der Waals surface area contributed by atoms with Crippen LogP contribution in [0.3, 0.4) is 0 Å². The zero-order valence-electron chi connectivity index (χ0n) is 10.4. The first-order valence-electron chi connectivity index (χ1n) is 5.73. The summed E-state index contributed by atoms with van der Waals surface area (Å²) in [4.78, 5) is 11.2. The predicted molar refractivity (Wildman–Crippen MR) is 75.1 cm³/mol. The number of primary amides is 1. The topological polar surface area (TPSA) is 78.3 Å². The molecule has 4 N–H and O–H groups in total. The van der Waals surface area contributed by atoms with Crippen LogP contribution in [-0.4, -0.2) is 5.91 Å². The Hall–Kier alpha value is -2.27. The van der Waals surface area contributed by atoms with Crippen molar-refractivity contribution in [1.82, 2.24) is 0 Å². The zero-order valence-corrected chi connectivity index (χ0v) is 11.2. The molecule has 0 aromatic heterocycles. The van der Waals surface area contributed by atoms with Crippen molar-refractivity contribution in [2.24, 2.45) is 5.73 Å². The molecule has 0 aliphatic heterocycles. The molecule has 2 aromatic rings. The van der Waals surface area contributed by atoms with Gasteiger partial charge in [0, 0.05) is 16.8 Å². The average molecular weight is 295 g/mol. The lowest BCUT2D eigenvalue weighted by molar-refractivity contribution is 0.100. The minimum atomic E-state index is -0.741. The van der Waals surface area contributed by atoms with E-state index in [-0.39, 0.29) is 23.6 Å². The Morgan fingerprint density at radius 2 is 2.05 bits per heavy atom. The number of rotatable bonds is 4. The van der Waals surface area contributed by atoms with Crippen LogP contribution in [-0.2, 0) is 6.61 Å². The summed E-state index contributed by atoms with van der Waals surface area (Å²) >= 11 is 5.84. The highest BCUT2D eigenvalue weighted by atomic mass is 35.5. The van der Waals surface area contributed by atoms with E-state index in [2.05, 4.69) is 0 Å². The standard InChI is InChI=1S/C14H12ClFN2O2/c15-9-3-1-2-8(4-9)7-20-13-5-10(14(18)19)12(17)6-11(13)16/h1-6H,7,17H2,(H2,18,19). The average Bonchev–Trinajstić information content (AvgIpc) is 2.37. The van der Waals surface area contributed by atoms with Gasteiger partial charge in [-0.2, -0.15) is 0 Å². The summed E-state index contributed by atoms with van der Waals surface area (Å²) in [5.74, 6) is -1.49. The smallest absolute Gasteiger partial charge is 0.250 e. The van der Waals surface area contributed by atoms with E-state index < -0.39 is 11.7 Å². The van der Waals surface area contributed by atoms with Crippen molar-refractivity contribution >= 4 is 23.2 Å². The summed E-state index contributed by atoms with van der Waals surface area (Å²) in [6.07, 6.45) is 0. The Bertz CT molecular complexity index is 662. The van der Waals surface area contributed by atoms with Gasteiger partial charge < -0.3 is 16.2 Å². The second kappa shape index (κ2) is 5.79. The largest absolute Gasteiger partial charge is 0.486 e. The SMILES string of the molecule is NC(=O)c1cc(OCc2cccc(Cl)c2)c(F)cc1N. The maximum atomic E-state index is 13.7. The molecular formula is C14H12ClFN2O2. The van der Waals surface area contributed by atoms with Gasteiger partial charge in [0.2, 0.25) is 0 Å². The van der Waals surface area contributed by atoms with Gasteiger partial charge in [-0.25, -0.2) is 4.39 Å². The van der Waals surface area contributed by atoms with E-state index >= 15 is 0 Å². The molecule has 0 saturated carbocycles. The molecule has 6 heteroatoms. The number of ether oxygens (including phenoxy) is 1. The van der Waals surface area contributed by atoms with Gasteiger partial charge in [0.05, 0.1) is 5.56 Å². The molecule has 0 radical (unpaired) electrons. The van der Waals surface area contributed by atoms with E-state index in [0.29, 0.717) is 5.02 Å². The lowest BCUT2D eigenvalue weighted by Crippen LogP contribution is -2.14. The molecule has 4 nitrogen and oxygen atoms in total. The Balaban J connectivity index is 2.21. The van der Waals surface area contributed by atoms with E-state index in [1.54, 1.807) is 24.3 Å². The van der Waals surface area contributed by atoms with Crippen molar-refractivity contribution in [1.29, 1.82) is 0 Å². The van der Waals surface area contributed by atoms with E-state index in [0.717, 1.165) is 11.6 Å². The molecule has 0 aliphatic rings. The molecule has 0 bridgehead atoms. The van der Waals surface area contributed by atoms with Crippen molar-refractivity contribution in [3.8, 4) is 5.75 Å². The van der Waals surface area contributed by atoms with Gasteiger partial charge in [-0.3, -0.25) is 4.79 Å². The number of benzene rings is 2. The molecule has 0 unspecified atom stereocenters. The molecule has 0 heterocycles. The van der Waals surface area contributed by atoms with E-state index in [9.17, 15) is 9.18 Å². The Morgan fingerprint density at radius 3 is 2.70 bits per heavy atom. The highest BCUT2D eigenvalue weighted by Gasteiger charge is 2.13. The molecule has 104 valence electrons. The molecule has 0 fully saturated rings. The quantitative estimate of drug-likeness (QED) is 0.851. The van der Waals surface area contributed by atoms with Gasteiger partial charge in [0.25, 0.3) is 5.91 Å². The summed E-state index contributed by atoms with van der Waals surface area (Å²) in [5, 5.41) is 0.557. The number of carbonyl (C=O) groups is 1. The number of nitrogens with two attached hydrogens (primary N) is 2. The normalized spacial score (nSPS) is 10.3. The van der Waals surface area contributed by atoms with Crippen LogP contribution in [0.1, 0.15) is 15.9 Å². The maximum Gasteiger partial charge on any atom is 0.250 e. The van der Waals surface area contributed by atoms with Gasteiger partial charge in [0.15, 0.2) is 11.6 Å². The number of amides is 1. The highest BCUT2D eigenvalue weighted by Crippen LogP contribution is 2.25. The number of hydrogen-bond acceptors (Lipinski definition) is 3. The number of carbonyl (C=O) groups excluding carboxylic acids is 1. The summed E-state index contributed by atoms with van der Waals surface area (Å²) in [6.45, 7) is 0.111. The molecule has 1 amide bonds. The molecule has 20 heavy (non-hydrogen) atoms. The fourth-order valence-corrected chi connectivity index (χ4v) is 1.89. The monoisotopic (exact) mass is 294 g/mol. The third-order valence-corrected chi connectivity index (χ3v) is 2.89. The molecule has 0 aliphatic carbocycles. The van der Waals surface area contributed by atoms with E-state index in [4.69, 9.17) is 27.8 Å². The minimum absolute atomic E-state index is 0.0208. The molecule has 0 atom stereocenters. The fraction of sp³-hybridized carbons (Fsp3) is 0.0714. The van der Waals surface area contributed by atoms with Crippen LogP contribution >= 0.6 is 11.6 Å². The fourth-order valence-electron chi connectivity index (χ4n) is 1.68. The Morgan fingerprint density at radius 1 is 1.30 bits per heavy atom. The van der Waals surface area contributed by atoms with Gasteiger partial charge >= 0.3 is 0 Å². The summed E-state index contributed by atoms with van der Waals surface area (Å²) < 4.78 is 19.0. The van der Waals surface area contributed by atoms with Crippen LogP contribution in [0, 0.1) is 5.82 Å². The number of halogens is 2. The second-order valence-corrected chi connectivity index (χ2v) is 4.59. The van der Waals surface area contributed by atoms with Crippen LogP contribution in [0.4, 0.5) is 10.1 Å². The third kappa shape index (κ3) is 3.19. The van der Waals surface area contributed by atoms with Crippen molar-refractivity contribution in [3.63, 3.8) is 0 Å². The van der Waals surface area contributed by atoms with Crippen molar-refractivity contribution in [3.05, 3.63) is 58.4 Å². The highest BCUT2D eigenvalue weighted by molar-refractivity contribution is 6.30. The lowest BCUT2D eigenvalue weighted by Gasteiger charge is -2.10. The Labute approximate surface area is 120 Å². The summed E-state index contributed by atoms with van der Waals surface area (Å²) in [7, 11) is 0. The van der Waals surface area contributed by atoms with Gasteiger partial charge in [0.1, 0.15) is 6.61 Å². The first-order valence-corrected chi connectivity index (χ1v) is 6.11. The second-order valence-electron chi connectivity index (χ2n) is 4.15. The van der Waals surface area contributed by atoms with Gasteiger partial charge in [-0.05, 0) is 23.8 Å². The maximum absolute atomic E-state index is 13.7. The minimum Gasteiger partial charge on any atom is -0.486 e. The van der Waals surface area contributed by atoms with Gasteiger partial charge in [-0.1, -0.05) is 23.7 Å². The van der Waals surface area contributed by atoms with Gasteiger partial charge in [-0.15, -0.1) is 0 Å². The van der Waals surface area contributed by atoms with Crippen LogP contribution in [0.5, 0.6) is 5.75 Å². The van der Waals surface area contributed by atoms with Crippen molar-refractivity contribution in [2.45, 2.75) is 6.61 Å². The molecule has 2 aromatic carbocycles. The molecule has 2 rings (SSSR count). The molecular weight excluding hydrogens is 283 g/mol. The first-order chi connectivity index (χ1) is 9.47. The zero-order chi connectivity index (χ0) is 14.7. The van der Waals surface area contributed by atoms with Crippen LogP contribution < -0.4 is 16.2 Å². The number of hydrogen-bond donors (Lipinski definition) is 2. The summed E-state index contributed by atoms with van der Waals surface area (Å²) in [5.41, 5.74) is 11.4. The van der Waals surface area contributed by atoms with E-state index in [1.807, 2.05) is 0 Å². The van der Waals surface area contributed by atoms with Crippen LogP contribution in [0.2, 0.25) is 5.02 Å². The lowest BCUT2D eigenvalue weighted by atomic mass is 10.1. The molecule has 0 spiro atoms.